The number of anilines is 1. The number of rotatable bonds is 3. The highest BCUT2D eigenvalue weighted by atomic mass is 79.9. The van der Waals surface area contributed by atoms with Crippen LogP contribution in [0.3, 0.4) is 0 Å². The topological polar surface area (TPSA) is 75.9 Å². The minimum Gasteiger partial charge on any atom is -0.355 e. The molecule has 0 aromatic carbocycles. The summed E-state index contributed by atoms with van der Waals surface area (Å²) in [6.45, 7) is 1.60. The Morgan fingerprint density at radius 1 is 1.19 bits per heavy atom. The zero-order valence-electron chi connectivity index (χ0n) is 15.1. The Hall–Kier alpha value is -1.70. The number of nitrogens with one attached hydrogen (secondary N) is 1. The Labute approximate surface area is 161 Å². The molecule has 1 amide bonds. The van der Waals surface area contributed by atoms with E-state index >= 15 is 0 Å². The molecule has 1 saturated carbocycles. The first kappa shape index (κ1) is 17.7. The van der Waals surface area contributed by atoms with Crippen molar-refractivity contribution in [1.82, 2.24) is 25.1 Å². The Morgan fingerprint density at radius 2 is 2.00 bits per heavy atom. The first-order valence-corrected chi connectivity index (χ1v) is 10.3. The van der Waals surface area contributed by atoms with Crippen LogP contribution in [0.25, 0.3) is 11.0 Å². The molecular weight excluding hydrogens is 396 g/mol. The van der Waals surface area contributed by atoms with Crippen molar-refractivity contribution in [3.05, 3.63) is 10.9 Å². The number of amides is 1. The quantitative estimate of drug-likeness (QED) is 0.825. The smallest absolute Gasteiger partial charge is 0.225 e. The number of hydrogen-bond acceptors (Lipinski definition) is 5. The highest BCUT2D eigenvalue weighted by Crippen LogP contribution is 2.32. The van der Waals surface area contributed by atoms with Crippen molar-refractivity contribution < 1.29 is 4.79 Å². The Balaban J connectivity index is 1.51. The molecule has 3 heterocycles. The van der Waals surface area contributed by atoms with Gasteiger partial charge >= 0.3 is 0 Å². The number of carbonyl (C=O) groups excluding carboxylic acids is 1. The lowest BCUT2D eigenvalue weighted by atomic mass is 9.93. The van der Waals surface area contributed by atoms with E-state index in [1.54, 1.807) is 11.0 Å². The molecule has 1 atom stereocenters. The van der Waals surface area contributed by atoms with Crippen LogP contribution < -0.4 is 10.2 Å². The molecular formula is C18H25BrN6O. The first-order valence-electron chi connectivity index (χ1n) is 9.52. The Morgan fingerprint density at radius 3 is 2.81 bits per heavy atom. The number of piperidine rings is 1. The molecule has 2 fully saturated rings. The molecule has 1 saturated heterocycles. The summed E-state index contributed by atoms with van der Waals surface area (Å²) in [4.78, 5) is 23.9. The molecule has 1 aliphatic carbocycles. The van der Waals surface area contributed by atoms with Crippen LogP contribution >= 0.6 is 15.9 Å². The monoisotopic (exact) mass is 420 g/mol. The van der Waals surface area contributed by atoms with Crippen LogP contribution in [0, 0.1) is 5.92 Å². The van der Waals surface area contributed by atoms with Crippen LogP contribution in [0.2, 0.25) is 0 Å². The molecule has 0 spiro atoms. The molecule has 2 aliphatic rings. The van der Waals surface area contributed by atoms with E-state index in [4.69, 9.17) is 0 Å². The normalized spacial score (nSPS) is 21.9. The molecule has 8 heteroatoms. The van der Waals surface area contributed by atoms with Gasteiger partial charge in [-0.2, -0.15) is 5.10 Å². The van der Waals surface area contributed by atoms with Gasteiger partial charge in [-0.05, 0) is 41.6 Å². The molecule has 7 nitrogen and oxygen atoms in total. The fourth-order valence-corrected chi connectivity index (χ4v) is 4.81. The number of nitrogens with zero attached hydrogens (tertiary/aromatic N) is 5. The SMILES string of the molecule is Cn1nc(Br)c2c(N3CCCC(C(=O)NC4CCCCC4)C3)ncnc21. The molecule has 140 valence electrons. The predicted molar refractivity (Wildman–Crippen MR) is 104 cm³/mol. The third kappa shape index (κ3) is 3.43. The van der Waals surface area contributed by atoms with Crippen LogP contribution in [-0.4, -0.2) is 44.8 Å². The second-order valence-corrected chi connectivity index (χ2v) is 8.19. The molecule has 26 heavy (non-hydrogen) atoms. The zero-order chi connectivity index (χ0) is 18.1. The van der Waals surface area contributed by atoms with Gasteiger partial charge in [0.15, 0.2) is 5.65 Å². The summed E-state index contributed by atoms with van der Waals surface area (Å²) in [6, 6.07) is 0.366. The second-order valence-electron chi connectivity index (χ2n) is 7.44. The van der Waals surface area contributed by atoms with Crippen LogP contribution in [0.15, 0.2) is 10.9 Å². The number of fused-ring (bicyclic) bond motifs is 1. The van der Waals surface area contributed by atoms with Crippen molar-refractivity contribution in [3.63, 3.8) is 0 Å². The molecule has 0 bridgehead atoms. The molecule has 1 unspecified atom stereocenters. The number of halogens is 1. The van der Waals surface area contributed by atoms with Gasteiger partial charge in [-0.1, -0.05) is 19.3 Å². The van der Waals surface area contributed by atoms with Gasteiger partial charge in [-0.3, -0.25) is 4.79 Å². The maximum absolute atomic E-state index is 12.8. The molecule has 0 radical (unpaired) electrons. The number of aromatic nitrogens is 4. The summed E-state index contributed by atoms with van der Waals surface area (Å²) in [5, 5.41) is 8.61. The summed E-state index contributed by atoms with van der Waals surface area (Å²) in [5.41, 5.74) is 0.802. The standard InChI is InChI=1S/C18H25BrN6O/c1-24-16-14(15(19)23-24)17(21-11-20-16)25-9-5-6-12(10-25)18(26)22-13-7-3-2-4-8-13/h11-13H,2-10H2,1H3,(H,22,26). The van der Waals surface area contributed by atoms with E-state index in [1.165, 1.54) is 19.3 Å². The van der Waals surface area contributed by atoms with E-state index < -0.39 is 0 Å². The Kier molecular flexibility index (Phi) is 5.11. The van der Waals surface area contributed by atoms with Gasteiger partial charge in [0, 0.05) is 26.2 Å². The lowest BCUT2D eigenvalue weighted by Crippen LogP contribution is -2.46. The fourth-order valence-electron chi connectivity index (χ4n) is 4.22. The van der Waals surface area contributed by atoms with Crippen molar-refractivity contribution in [1.29, 1.82) is 0 Å². The molecule has 2 aromatic heterocycles. The van der Waals surface area contributed by atoms with Gasteiger partial charge in [0.25, 0.3) is 0 Å². The average molecular weight is 421 g/mol. The van der Waals surface area contributed by atoms with Crippen molar-refractivity contribution >= 4 is 38.7 Å². The number of aryl methyl sites for hydroxylation is 1. The van der Waals surface area contributed by atoms with E-state index in [9.17, 15) is 4.79 Å². The lowest BCUT2D eigenvalue weighted by molar-refractivity contribution is -0.126. The third-order valence-corrected chi connectivity index (χ3v) is 6.16. The van der Waals surface area contributed by atoms with Crippen molar-refractivity contribution in [2.45, 2.75) is 51.0 Å². The molecule has 1 N–H and O–H groups in total. The number of carbonyl (C=O) groups is 1. The summed E-state index contributed by atoms with van der Waals surface area (Å²) >= 11 is 3.53. The summed E-state index contributed by atoms with van der Waals surface area (Å²) in [6.07, 6.45) is 9.52. The largest absolute Gasteiger partial charge is 0.355 e. The van der Waals surface area contributed by atoms with Crippen LogP contribution in [0.4, 0.5) is 5.82 Å². The highest BCUT2D eigenvalue weighted by Gasteiger charge is 2.30. The second kappa shape index (κ2) is 7.50. The van der Waals surface area contributed by atoms with Gasteiger partial charge in [-0.25, -0.2) is 14.6 Å². The van der Waals surface area contributed by atoms with Gasteiger partial charge in [0.1, 0.15) is 16.7 Å². The molecule has 4 rings (SSSR count). The summed E-state index contributed by atoms with van der Waals surface area (Å²) in [5.74, 6) is 1.09. The Bertz CT molecular complexity index is 800. The molecule has 1 aliphatic heterocycles. The fraction of sp³-hybridized carbons (Fsp3) is 0.667. The lowest BCUT2D eigenvalue weighted by Gasteiger charge is -2.34. The average Bonchev–Trinajstić information content (AvgIpc) is 2.97. The predicted octanol–water partition coefficient (Wildman–Crippen LogP) is 2.79. The minimum absolute atomic E-state index is 0.0196. The molecule has 2 aromatic rings. The van der Waals surface area contributed by atoms with Gasteiger partial charge in [0.2, 0.25) is 5.91 Å². The number of hydrogen-bond donors (Lipinski definition) is 1. The van der Waals surface area contributed by atoms with Crippen molar-refractivity contribution in [2.24, 2.45) is 13.0 Å². The van der Waals surface area contributed by atoms with Crippen LogP contribution in [-0.2, 0) is 11.8 Å². The maximum Gasteiger partial charge on any atom is 0.225 e. The highest BCUT2D eigenvalue weighted by molar-refractivity contribution is 9.10. The first-order chi connectivity index (χ1) is 12.6. The summed E-state index contributed by atoms with van der Waals surface area (Å²) < 4.78 is 2.50. The van der Waals surface area contributed by atoms with Crippen LogP contribution in [0.5, 0.6) is 0 Å². The van der Waals surface area contributed by atoms with E-state index in [1.807, 2.05) is 7.05 Å². The summed E-state index contributed by atoms with van der Waals surface area (Å²) in [7, 11) is 1.88. The maximum atomic E-state index is 12.8. The van der Waals surface area contributed by atoms with E-state index in [-0.39, 0.29) is 11.8 Å². The van der Waals surface area contributed by atoms with Crippen molar-refractivity contribution in [2.75, 3.05) is 18.0 Å². The van der Waals surface area contributed by atoms with Crippen LogP contribution in [0.1, 0.15) is 44.9 Å². The zero-order valence-corrected chi connectivity index (χ0v) is 16.7. The third-order valence-electron chi connectivity index (χ3n) is 5.60. The van der Waals surface area contributed by atoms with E-state index in [0.717, 1.165) is 53.7 Å². The van der Waals surface area contributed by atoms with Crippen molar-refractivity contribution in [3.8, 4) is 0 Å². The van der Waals surface area contributed by atoms with Gasteiger partial charge in [0.05, 0.1) is 11.3 Å². The van der Waals surface area contributed by atoms with Gasteiger partial charge < -0.3 is 10.2 Å². The van der Waals surface area contributed by atoms with E-state index in [0.29, 0.717) is 12.6 Å². The van der Waals surface area contributed by atoms with Gasteiger partial charge in [-0.15, -0.1) is 0 Å². The van der Waals surface area contributed by atoms with E-state index in [2.05, 4.69) is 41.2 Å². The minimum atomic E-state index is 0.0196.